The molecule has 1 atom stereocenters. The molecule has 0 saturated heterocycles. The number of ether oxygens (including phenoxy) is 2. The maximum Gasteiger partial charge on any atom is 0.336 e. The lowest BCUT2D eigenvalue weighted by Gasteiger charge is -2.27. The number of amides is 1. The topological polar surface area (TPSA) is 81.7 Å². The van der Waals surface area contributed by atoms with E-state index in [0.29, 0.717) is 5.56 Å². The van der Waals surface area contributed by atoms with Crippen molar-refractivity contribution in [3.05, 3.63) is 48.6 Å². The van der Waals surface area contributed by atoms with Crippen LogP contribution in [0, 0.1) is 0 Å². The normalized spacial score (nSPS) is 12.7. The van der Waals surface area contributed by atoms with Gasteiger partial charge in [0.2, 0.25) is 0 Å². The van der Waals surface area contributed by atoms with Gasteiger partial charge >= 0.3 is 11.9 Å². The Hall–Kier alpha value is -2.63. The summed E-state index contributed by atoms with van der Waals surface area (Å²) in [5.41, 5.74) is -1.33. The second kappa shape index (κ2) is 7.23. The highest BCUT2D eigenvalue weighted by atomic mass is 16.5. The summed E-state index contributed by atoms with van der Waals surface area (Å²) in [7, 11) is 2.35. The van der Waals surface area contributed by atoms with E-state index < -0.39 is 29.8 Å². The second-order valence-electron chi connectivity index (χ2n) is 4.24. The Kier molecular flexibility index (Phi) is 5.66. The minimum atomic E-state index is -1.67. The van der Waals surface area contributed by atoms with Gasteiger partial charge in [-0.15, -0.1) is 6.58 Å². The van der Waals surface area contributed by atoms with Gasteiger partial charge in [-0.05, 0) is 12.1 Å². The van der Waals surface area contributed by atoms with Crippen molar-refractivity contribution in [3.8, 4) is 0 Å². The maximum atomic E-state index is 12.2. The third-order valence-corrected chi connectivity index (χ3v) is 2.92. The molecule has 0 aliphatic carbocycles. The third-order valence-electron chi connectivity index (χ3n) is 2.92. The van der Waals surface area contributed by atoms with E-state index in [1.807, 2.05) is 0 Å². The zero-order chi connectivity index (χ0) is 15.9. The molecule has 0 aliphatic rings. The van der Waals surface area contributed by atoms with Crippen molar-refractivity contribution >= 4 is 17.8 Å². The molecule has 0 spiro atoms. The van der Waals surface area contributed by atoms with Crippen molar-refractivity contribution in [1.29, 1.82) is 0 Å². The highest BCUT2D eigenvalue weighted by Gasteiger charge is 2.41. The van der Waals surface area contributed by atoms with Crippen molar-refractivity contribution in [2.24, 2.45) is 0 Å². The van der Waals surface area contributed by atoms with E-state index in [1.165, 1.54) is 7.11 Å². The van der Waals surface area contributed by atoms with E-state index in [2.05, 4.69) is 21.4 Å². The van der Waals surface area contributed by atoms with E-state index in [-0.39, 0.29) is 0 Å². The summed E-state index contributed by atoms with van der Waals surface area (Å²) >= 11 is 0. The van der Waals surface area contributed by atoms with Crippen LogP contribution in [0.5, 0.6) is 0 Å². The van der Waals surface area contributed by atoms with Crippen LogP contribution in [0.3, 0.4) is 0 Å². The van der Waals surface area contributed by atoms with Crippen LogP contribution < -0.4 is 5.32 Å². The van der Waals surface area contributed by atoms with E-state index in [9.17, 15) is 14.4 Å². The summed E-state index contributed by atoms with van der Waals surface area (Å²) in [5.74, 6) is -1.99. The highest BCUT2D eigenvalue weighted by molar-refractivity contribution is 6.00. The van der Waals surface area contributed by atoms with Gasteiger partial charge in [0.25, 0.3) is 5.91 Å². The number of benzene rings is 1. The molecule has 1 aromatic rings. The molecule has 0 saturated carbocycles. The number of methoxy groups -OCH3 is 2. The van der Waals surface area contributed by atoms with Crippen LogP contribution in [0.4, 0.5) is 0 Å². The Morgan fingerprint density at radius 2 is 1.81 bits per heavy atom. The van der Waals surface area contributed by atoms with Crippen LogP contribution in [-0.2, 0) is 19.1 Å². The number of esters is 2. The summed E-state index contributed by atoms with van der Waals surface area (Å²) in [6.45, 7) is 3.51. The van der Waals surface area contributed by atoms with E-state index in [1.54, 1.807) is 30.3 Å². The van der Waals surface area contributed by atoms with Crippen LogP contribution >= 0.6 is 0 Å². The zero-order valence-corrected chi connectivity index (χ0v) is 11.9. The summed E-state index contributed by atoms with van der Waals surface area (Å²) in [5, 5.41) is 2.48. The summed E-state index contributed by atoms with van der Waals surface area (Å²) < 4.78 is 9.20. The van der Waals surface area contributed by atoms with Crippen LogP contribution in [0.25, 0.3) is 0 Å². The fourth-order valence-corrected chi connectivity index (χ4v) is 1.72. The molecule has 0 aliphatic heterocycles. The number of nitrogens with one attached hydrogen (secondary N) is 1. The van der Waals surface area contributed by atoms with Crippen LogP contribution in [0.15, 0.2) is 43.0 Å². The van der Waals surface area contributed by atoms with Gasteiger partial charge in [-0.25, -0.2) is 4.79 Å². The first-order valence-corrected chi connectivity index (χ1v) is 6.15. The smallest absolute Gasteiger partial charge is 0.336 e. The lowest BCUT2D eigenvalue weighted by atomic mass is 9.94. The molecular formula is C15H17NO5. The minimum Gasteiger partial charge on any atom is -0.469 e. The van der Waals surface area contributed by atoms with Gasteiger partial charge in [-0.2, -0.15) is 0 Å². The average molecular weight is 291 g/mol. The molecule has 1 N–H and O–H groups in total. The van der Waals surface area contributed by atoms with Crippen LogP contribution in [0.2, 0.25) is 0 Å². The Morgan fingerprint density at radius 1 is 1.19 bits per heavy atom. The standard InChI is InChI=1S/C15H17NO5/c1-4-15(14(19)21-3,10-12(17)20-2)16-13(18)11-8-6-5-7-9-11/h4-9H,1,10H2,2-3H3,(H,16,18)/t15-/m0/s1. The van der Waals surface area contributed by atoms with Crippen molar-refractivity contribution < 1.29 is 23.9 Å². The fraction of sp³-hybridized carbons (Fsp3) is 0.267. The van der Waals surface area contributed by atoms with Crippen molar-refractivity contribution in [3.63, 3.8) is 0 Å². The molecule has 112 valence electrons. The predicted molar refractivity (Wildman–Crippen MR) is 75.5 cm³/mol. The third kappa shape index (κ3) is 3.92. The first-order chi connectivity index (χ1) is 9.99. The molecule has 6 nitrogen and oxygen atoms in total. The fourth-order valence-electron chi connectivity index (χ4n) is 1.72. The lowest BCUT2D eigenvalue weighted by molar-refractivity contribution is -0.152. The van der Waals surface area contributed by atoms with Gasteiger partial charge in [-0.1, -0.05) is 24.3 Å². The van der Waals surface area contributed by atoms with Gasteiger partial charge in [-0.3, -0.25) is 9.59 Å². The average Bonchev–Trinajstić information content (AvgIpc) is 2.53. The molecule has 1 rings (SSSR count). The van der Waals surface area contributed by atoms with E-state index in [0.717, 1.165) is 13.2 Å². The van der Waals surface area contributed by atoms with E-state index in [4.69, 9.17) is 0 Å². The monoisotopic (exact) mass is 291 g/mol. The number of hydrogen-bond acceptors (Lipinski definition) is 5. The van der Waals surface area contributed by atoms with Crippen molar-refractivity contribution in [1.82, 2.24) is 5.32 Å². The molecule has 0 heterocycles. The van der Waals surface area contributed by atoms with Crippen molar-refractivity contribution in [2.75, 3.05) is 14.2 Å². The number of hydrogen-bond donors (Lipinski definition) is 1. The van der Waals surface area contributed by atoms with Gasteiger partial charge in [0, 0.05) is 5.56 Å². The molecule has 6 heteroatoms. The second-order valence-corrected chi connectivity index (χ2v) is 4.24. The first-order valence-electron chi connectivity index (χ1n) is 6.15. The highest BCUT2D eigenvalue weighted by Crippen LogP contribution is 2.17. The molecule has 1 aromatic carbocycles. The number of rotatable bonds is 6. The molecule has 0 radical (unpaired) electrons. The quantitative estimate of drug-likeness (QED) is 0.626. The minimum absolute atomic E-state index is 0.345. The SMILES string of the molecule is C=C[C@@](CC(=O)OC)(NC(=O)c1ccccc1)C(=O)OC. The van der Waals surface area contributed by atoms with Crippen LogP contribution in [0.1, 0.15) is 16.8 Å². The molecular weight excluding hydrogens is 274 g/mol. The van der Waals surface area contributed by atoms with E-state index >= 15 is 0 Å². The first kappa shape index (κ1) is 16.4. The number of carbonyl (C=O) groups is 3. The molecule has 1 amide bonds. The van der Waals surface area contributed by atoms with Gasteiger partial charge in [0.15, 0.2) is 5.54 Å². The van der Waals surface area contributed by atoms with Gasteiger partial charge < -0.3 is 14.8 Å². The maximum absolute atomic E-state index is 12.2. The molecule has 0 unspecified atom stereocenters. The Morgan fingerprint density at radius 3 is 2.29 bits per heavy atom. The van der Waals surface area contributed by atoms with Crippen molar-refractivity contribution in [2.45, 2.75) is 12.0 Å². The summed E-state index contributed by atoms with van der Waals surface area (Å²) in [4.78, 5) is 35.7. The molecule has 21 heavy (non-hydrogen) atoms. The molecule has 0 aromatic heterocycles. The Balaban J connectivity index is 3.07. The zero-order valence-electron chi connectivity index (χ0n) is 11.9. The Labute approximate surface area is 122 Å². The van der Waals surface area contributed by atoms with Gasteiger partial charge in [0.05, 0.1) is 20.6 Å². The summed E-state index contributed by atoms with van der Waals surface area (Å²) in [6, 6.07) is 8.29. The van der Waals surface area contributed by atoms with Crippen LogP contribution in [-0.4, -0.2) is 37.6 Å². The Bertz CT molecular complexity index is 540. The molecule has 0 fully saturated rings. The molecule has 0 bridgehead atoms. The summed E-state index contributed by atoms with van der Waals surface area (Å²) in [6.07, 6.45) is 0.759. The lowest BCUT2D eigenvalue weighted by Crippen LogP contribution is -2.55. The number of carbonyl (C=O) groups excluding carboxylic acids is 3. The van der Waals surface area contributed by atoms with Gasteiger partial charge in [0.1, 0.15) is 0 Å². The predicted octanol–water partition coefficient (Wildman–Crippen LogP) is 1.08. The largest absolute Gasteiger partial charge is 0.469 e.